The molecule has 1 aliphatic heterocycles. The molecule has 1 saturated heterocycles. The van der Waals surface area contributed by atoms with Gasteiger partial charge in [-0.05, 0) is 32.2 Å². The number of piperidine rings is 1. The summed E-state index contributed by atoms with van der Waals surface area (Å²) in [5.41, 5.74) is 0. The van der Waals surface area contributed by atoms with Crippen molar-refractivity contribution in [2.75, 3.05) is 12.3 Å². The molecule has 20 heavy (non-hydrogen) atoms. The Balaban J connectivity index is 1.86. The molecule has 0 aliphatic carbocycles. The van der Waals surface area contributed by atoms with Crippen LogP contribution in [-0.4, -0.2) is 31.7 Å². The molecule has 0 saturated carbocycles. The van der Waals surface area contributed by atoms with Crippen molar-refractivity contribution < 1.29 is 8.42 Å². The third kappa shape index (κ3) is 4.80. The number of hydrogen-bond acceptors (Lipinski definition) is 5. The lowest BCUT2D eigenvalue weighted by Gasteiger charge is -2.23. The highest BCUT2D eigenvalue weighted by Gasteiger charge is 2.22. The zero-order valence-corrected chi connectivity index (χ0v) is 13.5. The maximum atomic E-state index is 12.2. The van der Waals surface area contributed by atoms with E-state index in [0.717, 1.165) is 18.0 Å². The van der Waals surface area contributed by atoms with Crippen molar-refractivity contribution >= 4 is 21.4 Å². The summed E-state index contributed by atoms with van der Waals surface area (Å²) in [5.74, 6) is 0.187. The Morgan fingerprint density at radius 3 is 3.00 bits per heavy atom. The van der Waals surface area contributed by atoms with Gasteiger partial charge >= 0.3 is 0 Å². The van der Waals surface area contributed by atoms with Gasteiger partial charge in [0.2, 0.25) is 10.0 Å². The Bertz CT molecular complexity index is 482. The van der Waals surface area contributed by atoms with E-state index in [4.69, 9.17) is 0 Å². The molecule has 0 bridgehead atoms. The summed E-state index contributed by atoms with van der Waals surface area (Å²) in [5, 5.41) is 6.10. The van der Waals surface area contributed by atoms with E-state index < -0.39 is 10.0 Å². The Morgan fingerprint density at radius 1 is 1.55 bits per heavy atom. The first-order valence-corrected chi connectivity index (χ1v) is 9.76. The highest BCUT2D eigenvalue weighted by Crippen LogP contribution is 2.20. The van der Waals surface area contributed by atoms with E-state index in [1.54, 1.807) is 6.20 Å². The third-order valence-electron chi connectivity index (χ3n) is 3.63. The van der Waals surface area contributed by atoms with E-state index in [1.165, 1.54) is 24.2 Å². The number of sulfonamides is 1. The summed E-state index contributed by atoms with van der Waals surface area (Å²) in [7, 11) is -3.24. The second-order valence-electron chi connectivity index (χ2n) is 5.20. The van der Waals surface area contributed by atoms with E-state index in [9.17, 15) is 8.42 Å². The van der Waals surface area contributed by atoms with E-state index >= 15 is 0 Å². The molecule has 0 amide bonds. The average molecular weight is 317 g/mol. The van der Waals surface area contributed by atoms with Crippen molar-refractivity contribution in [1.82, 2.24) is 15.0 Å². The zero-order valence-electron chi connectivity index (χ0n) is 11.8. The molecule has 2 atom stereocenters. The first kappa shape index (κ1) is 15.9. The topological polar surface area (TPSA) is 71.1 Å². The van der Waals surface area contributed by atoms with Crippen LogP contribution in [0.3, 0.4) is 0 Å². The van der Waals surface area contributed by atoms with E-state index in [1.807, 2.05) is 12.3 Å². The standard InChI is InChI=1S/C13H23N3O2S2/c1-2-12(13-15-8-9-19-13)16-20(17,18)10-6-11-5-3-4-7-14-11/h8-9,11-12,14,16H,2-7,10H2,1H3. The monoisotopic (exact) mass is 317 g/mol. The van der Waals surface area contributed by atoms with Gasteiger partial charge in [0.25, 0.3) is 0 Å². The number of nitrogens with zero attached hydrogens (tertiary/aromatic N) is 1. The van der Waals surface area contributed by atoms with Crippen molar-refractivity contribution in [3.8, 4) is 0 Å². The van der Waals surface area contributed by atoms with Crippen molar-refractivity contribution in [3.05, 3.63) is 16.6 Å². The van der Waals surface area contributed by atoms with Gasteiger partial charge < -0.3 is 5.32 Å². The van der Waals surface area contributed by atoms with Crippen LogP contribution in [0.2, 0.25) is 0 Å². The summed E-state index contributed by atoms with van der Waals surface area (Å²) in [4.78, 5) is 4.20. The fraction of sp³-hybridized carbons (Fsp3) is 0.769. The van der Waals surface area contributed by atoms with Crippen molar-refractivity contribution in [2.45, 2.75) is 51.1 Å². The summed E-state index contributed by atoms with van der Waals surface area (Å²) >= 11 is 1.49. The number of thiazole rings is 1. The summed E-state index contributed by atoms with van der Waals surface area (Å²) in [6.45, 7) is 2.98. The molecule has 2 rings (SSSR count). The smallest absolute Gasteiger partial charge is 0.212 e. The molecule has 0 aromatic carbocycles. The maximum Gasteiger partial charge on any atom is 0.212 e. The molecule has 1 aliphatic rings. The molecule has 2 unspecified atom stereocenters. The highest BCUT2D eigenvalue weighted by atomic mass is 32.2. The summed E-state index contributed by atoms with van der Waals surface area (Å²) in [6, 6.07) is 0.152. The lowest BCUT2D eigenvalue weighted by Crippen LogP contribution is -2.37. The van der Waals surface area contributed by atoms with Gasteiger partial charge in [-0.3, -0.25) is 0 Å². The second-order valence-corrected chi connectivity index (χ2v) is 8.00. The van der Waals surface area contributed by atoms with Gasteiger partial charge in [-0.15, -0.1) is 11.3 Å². The number of rotatable bonds is 7. The molecule has 5 nitrogen and oxygen atoms in total. The minimum Gasteiger partial charge on any atom is -0.314 e. The molecule has 0 radical (unpaired) electrons. The molecule has 2 N–H and O–H groups in total. The van der Waals surface area contributed by atoms with Crippen LogP contribution in [0.1, 0.15) is 50.1 Å². The quantitative estimate of drug-likeness (QED) is 0.807. The molecule has 0 spiro atoms. The van der Waals surface area contributed by atoms with Gasteiger partial charge in [-0.1, -0.05) is 13.3 Å². The number of hydrogen-bond donors (Lipinski definition) is 2. The maximum absolute atomic E-state index is 12.2. The summed E-state index contributed by atoms with van der Waals surface area (Å²) in [6.07, 6.45) is 6.59. The first-order valence-electron chi connectivity index (χ1n) is 7.23. The first-order chi connectivity index (χ1) is 9.61. The average Bonchev–Trinajstić information content (AvgIpc) is 2.98. The van der Waals surface area contributed by atoms with E-state index in [2.05, 4.69) is 15.0 Å². The van der Waals surface area contributed by atoms with Crippen LogP contribution in [-0.2, 0) is 10.0 Å². The molecule has 1 aromatic rings. The predicted molar refractivity (Wildman–Crippen MR) is 82.3 cm³/mol. The van der Waals surface area contributed by atoms with E-state index in [-0.39, 0.29) is 11.8 Å². The van der Waals surface area contributed by atoms with Gasteiger partial charge in [-0.2, -0.15) is 0 Å². The molecule has 7 heteroatoms. The minimum absolute atomic E-state index is 0.187. The second kappa shape index (κ2) is 7.49. The molecule has 1 fully saturated rings. The largest absolute Gasteiger partial charge is 0.314 e. The van der Waals surface area contributed by atoms with Gasteiger partial charge in [0.15, 0.2) is 0 Å². The molecule has 2 heterocycles. The lowest BCUT2D eigenvalue weighted by molar-refractivity contribution is 0.392. The molecular weight excluding hydrogens is 294 g/mol. The zero-order chi connectivity index (χ0) is 14.4. The van der Waals surface area contributed by atoms with Crippen LogP contribution in [0, 0.1) is 0 Å². The molecule has 1 aromatic heterocycles. The van der Waals surface area contributed by atoms with E-state index in [0.29, 0.717) is 18.9 Å². The fourth-order valence-electron chi connectivity index (χ4n) is 2.46. The van der Waals surface area contributed by atoms with Crippen molar-refractivity contribution in [3.63, 3.8) is 0 Å². The minimum atomic E-state index is -3.24. The van der Waals surface area contributed by atoms with Crippen LogP contribution >= 0.6 is 11.3 Å². The van der Waals surface area contributed by atoms with Gasteiger partial charge in [0.1, 0.15) is 5.01 Å². The van der Waals surface area contributed by atoms with Crippen LogP contribution in [0.5, 0.6) is 0 Å². The fourth-order valence-corrected chi connectivity index (χ4v) is 4.73. The van der Waals surface area contributed by atoms with Crippen LogP contribution in [0.25, 0.3) is 0 Å². The van der Waals surface area contributed by atoms with Crippen LogP contribution in [0.4, 0.5) is 0 Å². The van der Waals surface area contributed by atoms with Crippen LogP contribution in [0.15, 0.2) is 11.6 Å². The highest BCUT2D eigenvalue weighted by molar-refractivity contribution is 7.89. The number of nitrogens with one attached hydrogen (secondary N) is 2. The third-order valence-corrected chi connectivity index (χ3v) is 5.93. The predicted octanol–water partition coefficient (Wildman–Crippen LogP) is 2.05. The normalized spacial score (nSPS) is 21.8. The van der Waals surface area contributed by atoms with Gasteiger partial charge in [0, 0.05) is 17.6 Å². The Kier molecular flexibility index (Phi) is 5.95. The van der Waals surface area contributed by atoms with Gasteiger partial charge in [-0.25, -0.2) is 18.1 Å². The Morgan fingerprint density at radius 2 is 2.40 bits per heavy atom. The SMILES string of the molecule is CCC(NS(=O)(=O)CCC1CCCCN1)c1nccs1. The Labute approximate surface area is 125 Å². The van der Waals surface area contributed by atoms with Crippen LogP contribution < -0.4 is 10.0 Å². The van der Waals surface area contributed by atoms with Gasteiger partial charge in [0.05, 0.1) is 11.8 Å². The molecule has 114 valence electrons. The van der Waals surface area contributed by atoms with Crippen molar-refractivity contribution in [1.29, 1.82) is 0 Å². The molecular formula is C13H23N3O2S2. The number of aromatic nitrogens is 1. The van der Waals surface area contributed by atoms with Crippen molar-refractivity contribution in [2.24, 2.45) is 0 Å². The Hall–Kier alpha value is -0.500. The lowest BCUT2D eigenvalue weighted by atomic mass is 10.0. The summed E-state index contributed by atoms with van der Waals surface area (Å²) < 4.78 is 27.1.